The topological polar surface area (TPSA) is 72.4 Å². The van der Waals surface area contributed by atoms with Crippen molar-refractivity contribution in [2.24, 2.45) is 5.10 Å². The molecule has 3 rings (SSSR count). The molecule has 1 heterocycles. The zero-order valence-electron chi connectivity index (χ0n) is 21.7. The number of hydrogen-bond donors (Lipinski definition) is 1. The Morgan fingerprint density at radius 1 is 1.11 bits per heavy atom. The standard InChI is InChI=1S/C28H32ClN3O4/c1-9-20-10-13-22(17-24(20)29)32-19(3)25(16-18(2)31-32)36-23-14-11-21(12-15-23)26(33)30-27(4,5)28(6,34-7)35-8/h1,10-15,17H,16H2,2-8H3,(H,30,33). The highest BCUT2D eigenvalue weighted by atomic mass is 35.5. The third kappa shape index (κ3) is 5.57. The summed E-state index contributed by atoms with van der Waals surface area (Å²) in [5.74, 6) is 2.67. The molecule has 0 radical (unpaired) electrons. The van der Waals surface area contributed by atoms with Crippen LogP contribution in [-0.2, 0) is 9.47 Å². The molecule has 0 aromatic heterocycles. The van der Waals surface area contributed by atoms with Gasteiger partial charge in [-0.05, 0) is 77.1 Å². The zero-order valence-corrected chi connectivity index (χ0v) is 22.5. The van der Waals surface area contributed by atoms with Crippen LogP contribution in [0.5, 0.6) is 5.75 Å². The summed E-state index contributed by atoms with van der Waals surface area (Å²) in [6, 6.07) is 12.4. The summed E-state index contributed by atoms with van der Waals surface area (Å²) in [5, 5.41) is 9.90. The number of hydrazone groups is 1. The predicted molar refractivity (Wildman–Crippen MR) is 143 cm³/mol. The van der Waals surface area contributed by atoms with Gasteiger partial charge in [0.1, 0.15) is 11.5 Å². The van der Waals surface area contributed by atoms with E-state index in [4.69, 9.17) is 32.2 Å². The smallest absolute Gasteiger partial charge is 0.251 e. The second-order valence-electron chi connectivity index (χ2n) is 9.20. The van der Waals surface area contributed by atoms with Gasteiger partial charge in [-0.25, -0.2) is 5.01 Å². The summed E-state index contributed by atoms with van der Waals surface area (Å²) in [7, 11) is 3.08. The molecule has 1 aliphatic heterocycles. The van der Waals surface area contributed by atoms with Crippen molar-refractivity contribution in [1.29, 1.82) is 0 Å². The first-order chi connectivity index (χ1) is 16.9. The minimum Gasteiger partial charge on any atom is -0.459 e. The largest absolute Gasteiger partial charge is 0.459 e. The normalized spacial score (nSPS) is 14.3. The van der Waals surface area contributed by atoms with Crippen LogP contribution in [0.25, 0.3) is 0 Å². The Morgan fingerprint density at radius 3 is 2.31 bits per heavy atom. The number of rotatable bonds is 8. The molecule has 0 unspecified atom stereocenters. The lowest BCUT2D eigenvalue weighted by Crippen LogP contribution is -2.61. The van der Waals surface area contributed by atoms with E-state index >= 15 is 0 Å². The van der Waals surface area contributed by atoms with E-state index in [2.05, 4.69) is 16.3 Å². The van der Waals surface area contributed by atoms with Crippen LogP contribution in [0.4, 0.5) is 5.69 Å². The molecule has 36 heavy (non-hydrogen) atoms. The Labute approximate surface area is 218 Å². The summed E-state index contributed by atoms with van der Waals surface area (Å²) < 4.78 is 17.2. The van der Waals surface area contributed by atoms with Gasteiger partial charge in [-0.1, -0.05) is 17.5 Å². The summed E-state index contributed by atoms with van der Waals surface area (Å²) in [6.45, 7) is 9.33. The van der Waals surface area contributed by atoms with Crippen molar-refractivity contribution in [3.63, 3.8) is 0 Å². The Morgan fingerprint density at radius 2 is 1.75 bits per heavy atom. The number of carbonyl (C=O) groups excluding carboxylic acids is 1. The van der Waals surface area contributed by atoms with Crippen molar-refractivity contribution >= 4 is 28.9 Å². The number of benzene rings is 2. The highest BCUT2D eigenvalue weighted by Gasteiger charge is 2.43. The molecule has 1 amide bonds. The van der Waals surface area contributed by atoms with Gasteiger partial charge in [-0.15, -0.1) is 6.42 Å². The summed E-state index contributed by atoms with van der Waals surface area (Å²) >= 11 is 6.31. The van der Waals surface area contributed by atoms with E-state index in [-0.39, 0.29) is 5.91 Å². The Kier molecular flexibility index (Phi) is 8.15. The van der Waals surface area contributed by atoms with Gasteiger partial charge in [-0.3, -0.25) is 4.79 Å². The average Bonchev–Trinajstić information content (AvgIpc) is 2.85. The number of carbonyl (C=O) groups is 1. The fourth-order valence-electron chi connectivity index (χ4n) is 3.75. The Hall–Kier alpha value is -3.31. The number of hydrogen-bond acceptors (Lipinski definition) is 6. The van der Waals surface area contributed by atoms with E-state index in [0.29, 0.717) is 28.3 Å². The summed E-state index contributed by atoms with van der Waals surface area (Å²) in [5.41, 5.74) is 2.82. The Balaban J connectivity index is 1.78. The Bertz CT molecular complexity index is 1240. The molecule has 1 aliphatic rings. The molecule has 0 saturated carbocycles. The van der Waals surface area contributed by atoms with Gasteiger partial charge in [0.15, 0.2) is 5.79 Å². The second-order valence-corrected chi connectivity index (χ2v) is 9.61. The number of nitrogens with one attached hydrogen (secondary N) is 1. The lowest BCUT2D eigenvalue weighted by Gasteiger charge is -2.42. The van der Waals surface area contributed by atoms with Gasteiger partial charge >= 0.3 is 0 Å². The minimum atomic E-state index is -0.993. The predicted octanol–water partition coefficient (Wildman–Crippen LogP) is 5.74. The number of amides is 1. The van der Waals surface area contributed by atoms with E-state index in [1.807, 2.05) is 33.8 Å². The SMILES string of the molecule is C#Cc1ccc(N2N=C(C)CC(Oc3ccc(C(=O)NC(C)(C)C(C)(OC)OC)cc3)=C2C)cc1Cl. The van der Waals surface area contributed by atoms with E-state index in [1.165, 1.54) is 0 Å². The fourth-order valence-corrected chi connectivity index (χ4v) is 3.98. The summed E-state index contributed by atoms with van der Waals surface area (Å²) in [4.78, 5) is 12.9. The van der Waals surface area contributed by atoms with Crippen molar-refractivity contribution in [3.05, 3.63) is 70.1 Å². The quantitative estimate of drug-likeness (QED) is 0.363. The maximum atomic E-state index is 12.9. The van der Waals surface area contributed by atoms with Crippen molar-refractivity contribution in [1.82, 2.24) is 5.32 Å². The lowest BCUT2D eigenvalue weighted by molar-refractivity contribution is -0.232. The number of halogens is 1. The monoisotopic (exact) mass is 509 g/mol. The van der Waals surface area contributed by atoms with Crippen LogP contribution in [0, 0.1) is 12.3 Å². The minimum absolute atomic E-state index is 0.249. The number of ether oxygens (including phenoxy) is 3. The van der Waals surface area contributed by atoms with Crippen molar-refractivity contribution < 1.29 is 19.0 Å². The van der Waals surface area contributed by atoms with Crippen molar-refractivity contribution in [3.8, 4) is 18.1 Å². The molecule has 7 nitrogen and oxygen atoms in total. The van der Waals surface area contributed by atoms with Gasteiger partial charge in [0.25, 0.3) is 5.91 Å². The number of terminal acetylenes is 1. The molecule has 8 heteroatoms. The molecule has 0 spiro atoms. The molecule has 0 fully saturated rings. The lowest BCUT2D eigenvalue weighted by atomic mass is 9.93. The van der Waals surface area contributed by atoms with Gasteiger partial charge in [0.2, 0.25) is 0 Å². The molecular formula is C28H32ClN3O4. The highest BCUT2D eigenvalue weighted by Crippen LogP contribution is 2.32. The van der Waals surface area contributed by atoms with Gasteiger partial charge in [0, 0.05) is 37.5 Å². The maximum Gasteiger partial charge on any atom is 0.251 e. The molecule has 190 valence electrons. The third-order valence-corrected chi connectivity index (χ3v) is 6.77. The van der Waals surface area contributed by atoms with Crippen LogP contribution in [-0.4, -0.2) is 37.2 Å². The van der Waals surface area contributed by atoms with E-state index < -0.39 is 11.3 Å². The third-order valence-electron chi connectivity index (χ3n) is 6.46. The molecule has 0 aliphatic carbocycles. The molecule has 0 bridgehead atoms. The van der Waals surface area contributed by atoms with Crippen LogP contribution >= 0.6 is 11.6 Å². The van der Waals surface area contributed by atoms with Crippen LogP contribution < -0.4 is 15.1 Å². The molecule has 2 aromatic carbocycles. The molecular weight excluding hydrogens is 478 g/mol. The number of nitrogens with zero attached hydrogens (tertiary/aromatic N) is 2. The fraction of sp³-hybridized carbons (Fsp3) is 0.357. The van der Waals surface area contributed by atoms with Crippen molar-refractivity contribution in [2.75, 3.05) is 19.2 Å². The molecule has 0 atom stereocenters. The van der Waals surface area contributed by atoms with Crippen LogP contribution in [0.3, 0.4) is 0 Å². The molecule has 0 saturated heterocycles. The summed E-state index contributed by atoms with van der Waals surface area (Å²) in [6.07, 6.45) is 6.04. The average molecular weight is 510 g/mol. The first-order valence-corrected chi connectivity index (χ1v) is 11.8. The van der Waals surface area contributed by atoms with E-state index in [1.54, 1.807) is 62.6 Å². The molecule has 2 aromatic rings. The zero-order chi connectivity index (χ0) is 26.7. The maximum absolute atomic E-state index is 12.9. The van der Waals surface area contributed by atoms with Gasteiger partial charge in [0.05, 0.1) is 21.9 Å². The highest BCUT2D eigenvalue weighted by molar-refractivity contribution is 6.32. The first kappa shape index (κ1) is 27.3. The van der Waals surface area contributed by atoms with Crippen LogP contribution in [0.2, 0.25) is 5.02 Å². The number of methoxy groups -OCH3 is 2. The van der Waals surface area contributed by atoms with Crippen LogP contribution in [0.1, 0.15) is 57.0 Å². The second kappa shape index (κ2) is 10.8. The van der Waals surface area contributed by atoms with Crippen LogP contribution in [0.15, 0.2) is 59.0 Å². The van der Waals surface area contributed by atoms with E-state index in [0.717, 1.165) is 22.9 Å². The number of allylic oxidation sites excluding steroid dienone is 2. The number of anilines is 1. The van der Waals surface area contributed by atoms with Crippen molar-refractivity contribution in [2.45, 2.75) is 52.4 Å². The van der Waals surface area contributed by atoms with Gasteiger partial charge < -0.3 is 19.5 Å². The van der Waals surface area contributed by atoms with Gasteiger partial charge in [-0.2, -0.15) is 5.10 Å². The molecule has 1 N–H and O–H groups in total. The first-order valence-electron chi connectivity index (χ1n) is 11.5. The van der Waals surface area contributed by atoms with E-state index in [9.17, 15) is 4.79 Å².